The predicted octanol–water partition coefficient (Wildman–Crippen LogP) is 1.83. The molecule has 0 radical (unpaired) electrons. The third kappa shape index (κ3) is 0.843. The molecule has 0 fully saturated rings. The van der Waals surface area contributed by atoms with E-state index in [1.165, 1.54) is 0 Å². The molecular weight excluding hydrogens is 152 g/mol. The summed E-state index contributed by atoms with van der Waals surface area (Å²) in [5.41, 5.74) is 2.56. The summed E-state index contributed by atoms with van der Waals surface area (Å²) in [4.78, 5) is 11.3. The molecule has 62 valence electrons. The van der Waals surface area contributed by atoms with Crippen molar-refractivity contribution in [2.45, 2.75) is 19.8 Å². The molecule has 2 rings (SSSR count). The molecule has 2 heteroatoms. The maximum absolute atomic E-state index is 11.3. The Morgan fingerprint density at radius 1 is 1.33 bits per heavy atom. The smallest absolute Gasteiger partial charge is 0.163 e. The average molecular weight is 162 g/mol. The second kappa shape index (κ2) is 2.34. The predicted molar refractivity (Wildman–Crippen MR) is 45.5 cm³/mol. The van der Waals surface area contributed by atoms with Crippen LogP contribution < -0.4 is 0 Å². The van der Waals surface area contributed by atoms with Gasteiger partial charge < -0.3 is 5.11 Å². The summed E-state index contributed by atoms with van der Waals surface area (Å²) in [6, 6.07) is 3.50. The van der Waals surface area contributed by atoms with Gasteiger partial charge >= 0.3 is 0 Å². The quantitative estimate of drug-likeness (QED) is 0.631. The lowest BCUT2D eigenvalue weighted by Crippen LogP contribution is -1.95. The molecule has 0 aliphatic heterocycles. The van der Waals surface area contributed by atoms with Crippen molar-refractivity contribution in [3.05, 3.63) is 28.8 Å². The molecule has 0 amide bonds. The van der Waals surface area contributed by atoms with Gasteiger partial charge in [-0.3, -0.25) is 4.79 Å². The molecule has 0 saturated carbocycles. The van der Waals surface area contributed by atoms with E-state index in [1.807, 2.05) is 6.07 Å². The lowest BCUT2D eigenvalue weighted by atomic mass is 10.0. The van der Waals surface area contributed by atoms with Gasteiger partial charge in [0.25, 0.3) is 0 Å². The minimum atomic E-state index is 0.165. The molecule has 2 nitrogen and oxygen atoms in total. The van der Waals surface area contributed by atoms with E-state index in [4.69, 9.17) is 0 Å². The number of carbonyl (C=O) groups excluding carboxylic acids is 1. The van der Waals surface area contributed by atoms with Crippen LogP contribution >= 0.6 is 0 Å². The highest BCUT2D eigenvalue weighted by Crippen LogP contribution is 2.30. The summed E-state index contributed by atoms with van der Waals surface area (Å²) in [5.74, 6) is 0.391. The van der Waals surface area contributed by atoms with Crippen LogP contribution in [0.1, 0.15) is 27.9 Å². The van der Waals surface area contributed by atoms with E-state index in [9.17, 15) is 9.90 Å². The number of aryl methyl sites for hydroxylation is 1. The van der Waals surface area contributed by atoms with Crippen molar-refractivity contribution in [2.24, 2.45) is 0 Å². The van der Waals surface area contributed by atoms with Crippen LogP contribution in [0.3, 0.4) is 0 Å². The van der Waals surface area contributed by atoms with E-state index < -0.39 is 0 Å². The Balaban J connectivity index is 2.71. The minimum Gasteiger partial charge on any atom is -0.508 e. The number of hydrogen-bond donors (Lipinski definition) is 1. The molecule has 1 N–H and O–H groups in total. The van der Waals surface area contributed by atoms with Crippen molar-refractivity contribution in [3.63, 3.8) is 0 Å². The molecule has 1 aromatic rings. The van der Waals surface area contributed by atoms with Gasteiger partial charge in [0.15, 0.2) is 5.78 Å². The van der Waals surface area contributed by atoms with Crippen molar-refractivity contribution >= 4 is 5.78 Å². The fraction of sp³-hybridized carbons (Fsp3) is 0.300. The minimum absolute atomic E-state index is 0.165. The molecule has 1 aromatic carbocycles. The Morgan fingerprint density at radius 3 is 2.83 bits per heavy atom. The molecule has 0 aromatic heterocycles. The van der Waals surface area contributed by atoms with Crippen LogP contribution in [0.2, 0.25) is 0 Å². The zero-order valence-electron chi connectivity index (χ0n) is 6.92. The number of carbonyl (C=O) groups is 1. The summed E-state index contributed by atoms with van der Waals surface area (Å²) in [7, 11) is 0. The Morgan fingerprint density at radius 2 is 2.08 bits per heavy atom. The normalized spacial score (nSPS) is 14.9. The first kappa shape index (κ1) is 7.35. The van der Waals surface area contributed by atoms with Crippen LogP contribution in [0.15, 0.2) is 12.1 Å². The first-order chi connectivity index (χ1) is 5.70. The maximum atomic E-state index is 11.3. The summed E-state index contributed by atoms with van der Waals surface area (Å²) in [5, 5.41) is 9.35. The molecule has 1 aliphatic rings. The number of phenols is 1. The van der Waals surface area contributed by atoms with Crippen LogP contribution in [0.4, 0.5) is 0 Å². The highest BCUT2D eigenvalue weighted by atomic mass is 16.3. The van der Waals surface area contributed by atoms with E-state index in [0.29, 0.717) is 6.42 Å². The van der Waals surface area contributed by atoms with Gasteiger partial charge in [0, 0.05) is 17.5 Å². The Labute approximate surface area is 70.8 Å². The maximum Gasteiger partial charge on any atom is 0.163 e. The van der Waals surface area contributed by atoms with Gasteiger partial charge in [-0.2, -0.15) is 0 Å². The van der Waals surface area contributed by atoms with Crippen molar-refractivity contribution in [1.82, 2.24) is 0 Å². The standard InChI is InChI=1S/C10H10O2/c1-6-8(11)4-2-7-3-5-9(12)10(6)7/h2,4,11H,3,5H2,1H3. The number of aromatic hydroxyl groups is 1. The number of phenolic OH excluding ortho intramolecular Hbond substituents is 1. The molecule has 0 bridgehead atoms. The highest BCUT2D eigenvalue weighted by molar-refractivity contribution is 6.02. The fourth-order valence-corrected chi connectivity index (χ4v) is 1.73. The van der Waals surface area contributed by atoms with Crippen LogP contribution in [0.5, 0.6) is 5.75 Å². The zero-order valence-corrected chi connectivity index (χ0v) is 6.92. The lowest BCUT2D eigenvalue weighted by Gasteiger charge is -2.03. The van der Waals surface area contributed by atoms with Crippen LogP contribution in [-0.4, -0.2) is 10.9 Å². The number of benzene rings is 1. The Hall–Kier alpha value is -1.31. The topological polar surface area (TPSA) is 37.3 Å². The van der Waals surface area contributed by atoms with Gasteiger partial charge in [-0.15, -0.1) is 0 Å². The van der Waals surface area contributed by atoms with Gasteiger partial charge in [-0.25, -0.2) is 0 Å². The Bertz CT molecular complexity index is 353. The first-order valence-corrected chi connectivity index (χ1v) is 4.05. The molecule has 0 unspecified atom stereocenters. The number of rotatable bonds is 0. The molecule has 12 heavy (non-hydrogen) atoms. The SMILES string of the molecule is Cc1c(O)ccc2c1C(=O)CC2. The van der Waals surface area contributed by atoms with Gasteiger partial charge in [-0.05, 0) is 25.0 Å². The van der Waals surface area contributed by atoms with Gasteiger partial charge in [0.2, 0.25) is 0 Å². The van der Waals surface area contributed by atoms with Crippen molar-refractivity contribution in [2.75, 3.05) is 0 Å². The monoisotopic (exact) mass is 162 g/mol. The van der Waals surface area contributed by atoms with Crippen molar-refractivity contribution < 1.29 is 9.90 Å². The summed E-state index contributed by atoms with van der Waals surface area (Å²) >= 11 is 0. The average Bonchev–Trinajstić information content (AvgIpc) is 2.41. The van der Waals surface area contributed by atoms with Gasteiger partial charge in [-0.1, -0.05) is 6.07 Å². The van der Waals surface area contributed by atoms with Gasteiger partial charge in [0.05, 0.1) is 0 Å². The number of fused-ring (bicyclic) bond motifs is 1. The van der Waals surface area contributed by atoms with E-state index in [0.717, 1.165) is 23.1 Å². The second-order valence-electron chi connectivity index (χ2n) is 3.17. The van der Waals surface area contributed by atoms with E-state index in [2.05, 4.69) is 0 Å². The number of hydrogen-bond acceptors (Lipinski definition) is 2. The molecule has 0 saturated heterocycles. The first-order valence-electron chi connectivity index (χ1n) is 4.05. The third-order valence-electron chi connectivity index (χ3n) is 2.42. The van der Waals surface area contributed by atoms with Crippen LogP contribution in [-0.2, 0) is 6.42 Å². The van der Waals surface area contributed by atoms with Crippen LogP contribution in [0, 0.1) is 6.92 Å². The Kier molecular flexibility index (Phi) is 1.43. The summed E-state index contributed by atoms with van der Waals surface area (Å²) in [6.07, 6.45) is 1.43. The van der Waals surface area contributed by atoms with Gasteiger partial charge in [0.1, 0.15) is 5.75 Å². The van der Waals surface area contributed by atoms with Crippen molar-refractivity contribution in [3.8, 4) is 5.75 Å². The fourth-order valence-electron chi connectivity index (χ4n) is 1.73. The van der Waals surface area contributed by atoms with E-state index in [-0.39, 0.29) is 11.5 Å². The number of Topliss-reactive ketones (excluding diaryl/α,β-unsaturated/α-hetero) is 1. The molecule has 0 atom stereocenters. The van der Waals surface area contributed by atoms with Crippen molar-refractivity contribution in [1.29, 1.82) is 0 Å². The molecular formula is C10H10O2. The summed E-state index contributed by atoms with van der Waals surface area (Å²) in [6.45, 7) is 1.79. The van der Waals surface area contributed by atoms with E-state index in [1.54, 1.807) is 13.0 Å². The third-order valence-corrected chi connectivity index (χ3v) is 2.42. The van der Waals surface area contributed by atoms with E-state index >= 15 is 0 Å². The highest BCUT2D eigenvalue weighted by Gasteiger charge is 2.22. The second-order valence-corrected chi connectivity index (χ2v) is 3.17. The molecule has 0 spiro atoms. The number of ketones is 1. The summed E-state index contributed by atoms with van der Waals surface area (Å²) < 4.78 is 0. The molecule has 0 heterocycles. The largest absolute Gasteiger partial charge is 0.508 e. The van der Waals surface area contributed by atoms with Crippen LogP contribution in [0.25, 0.3) is 0 Å². The zero-order chi connectivity index (χ0) is 8.72. The lowest BCUT2D eigenvalue weighted by molar-refractivity contribution is 0.0993. The molecule has 1 aliphatic carbocycles.